The second kappa shape index (κ2) is 13.9. The van der Waals surface area contributed by atoms with E-state index in [0.29, 0.717) is 30.0 Å². The van der Waals surface area contributed by atoms with Crippen molar-refractivity contribution in [1.82, 2.24) is 20.6 Å². The minimum Gasteiger partial charge on any atom is -0.453 e. The van der Waals surface area contributed by atoms with E-state index in [2.05, 4.69) is 20.6 Å². The number of halogens is 1. The van der Waals surface area contributed by atoms with Crippen molar-refractivity contribution in [3.63, 3.8) is 0 Å². The highest BCUT2D eigenvalue weighted by atomic mass is 32.1. The van der Waals surface area contributed by atoms with Crippen LogP contribution < -0.4 is 15.4 Å². The number of thiophene rings is 1. The topological polar surface area (TPSA) is 102 Å². The normalized spacial score (nSPS) is 11.0. The van der Waals surface area contributed by atoms with Gasteiger partial charge in [0.25, 0.3) is 5.91 Å². The summed E-state index contributed by atoms with van der Waals surface area (Å²) in [6, 6.07) is 20.7. The average molecular weight is 585 g/mol. The van der Waals surface area contributed by atoms with E-state index in [-0.39, 0.29) is 30.4 Å². The fourth-order valence-corrected chi connectivity index (χ4v) is 5.26. The van der Waals surface area contributed by atoms with Crippen molar-refractivity contribution in [3.8, 4) is 22.1 Å². The van der Waals surface area contributed by atoms with Gasteiger partial charge in [0.05, 0.1) is 33.9 Å². The number of benzene rings is 2. The highest BCUT2D eigenvalue weighted by molar-refractivity contribution is 7.22. The number of hydrogen-bond acceptors (Lipinski definition) is 8. The molecule has 0 aliphatic heterocycles. The quantitative estimate of drug-likeness (QED) is 0.175. The van der Waals surface area contributed by atoms with E-state index in [4.69, 9.17) is 9.47 Å². The predicted octanol–water partition coefficient (Wildman–Crippen LogP) is 5.57. The number of fused-ring (bicyclic) bond motifs is 1. The van der Waals surface area contributed by atoms with Gasteiger partial charge < -0.3 is 20.1 Å². The molecule has 5 rings (SSSR count). The van der Waals surface area contributed by atoms with Crippen molar-refractivity contribution in [2.75, 3.05) is 26.8 Å². The second-order valence-electron chi connectivity index (χ2n) is 9.49. The maximum atomic E-state index is 15.0. The van der Waals surface area contributed by atoms with Gasteiger partial charge in [-0.3, -0.25) is 19.6 Å². The molecular formula is C32H29FN4O4S. The number of amides is 1. The number of Topliss-reactive ketones (excluding diaryl/α,β-unsaturated/α-hetero) is 1. The summed E-state index contributed by atoms with van der Waals surface area (Å²) in [5.41, 5.74) is 3.55. The van der Waals surface area contributed by atoms with Crippen molar-refractivity contribution in [2.24, 2.45) is 0 Å². The fraction of sp³-hybridized carbons (Fsp3) is 0.188. The molecule has 0 radical (unpaired) electrons. The SMILES string of the molecule is COCCNCc1ccc(-c2cc3nccc(Oc4ccc(CC(=O)CNC(=O)c5ccccc5)cc4F)c3s2)nc1. The van der Waals surface area contributed by atoms with Crippen LogP contribution in [0.3, 0.4) is 0 Å². The van der Waals surface area contributed by atoms with Gasteiger partial charge in [0.15, 0.2) is 17.3 Å². The van der Waals surface area contributed by atoms with Gasteiger partial charge in [-0.2, -0.15) is 0 Å². The first-order valence-corrected chi connectivity index (χ1v) is 14.2. The number of carbonyl (C=O) groups excluding carboxylic acids is 2. The highest BCUT2D eigenvalue weighted by Gasteiger charge is 2.15. The molecule has 214 valence electrons. The van der Waals surface area contributed by atoms with Crippen LogP contribution in [0.15, 0.2) is 85.2 Å². The zero-order chi connectivity index (χ0) is 29.3. The number of ketones is 1. The molecule has 8 nitrogen and oxygen atoms in total. The Hall–Kier alpha value is -4.51. The van der Waals surface area contributed by atoms with E-state index in [9.17, 15) is 9.59 Å². The Morgan fingerprint density at radius 3 is 2.55 bits per heavy atom. The van der Waals surface area contributed by atoms with E-state index in [1.807, 2.05) is 24.4 Å². The molecule has 0 atom stereocenters. The van der Waals surface area contributed by atoms with Crippen LogP contribution in [-0.4, -0.2) is 48.5 Å². The largest absolute Gasteiger partial charge is 0.453 e. The van der Waals surface area contributed by atoms with Crippen LogP contribution in [0.1, 0.15) is 21.5 Å². The van der Waals surface area contributed by atoms with E-state index >= 15 is 4.39 Å². The van der Waals surface area contributed by atoms with Crippen LogP contribution in [0.25, 0.3) is 20.8 Å². The van der Waals surface area contributed by atoms with Crippen LogP contribution in [0.4, 0.5) is 4.39 Å². The molecule has 10 heteroatoms. The molecule has 3 aromatic heterocycles. The molecule has 0 bridgehead atoms. The summed E-state index contributed by atoms with van der Waals surface area (Å²) < 4.78 is 26.8. The smallest absolute Gasteiger partial charge is 0.251 e. The maximum absolute atomic E-state index is 15.0. The first-order chi connectivity index (χ1) is 20.5. The van der Waals surface area contributed by atoms with Crippen molar-refractivity contribution in [2.45, 2.75) is 13.0 Å². The number of aromatic nitrogens is 2. The van der Waals surface area contributed by atoms with E-state index in [0.717, 1.165) is 32.9 Å². The van der Waals surface area contributed by atoms with Crippen molar-refractivity contribution in [1.29, 1.82) is 0 Å². The Kier molecular flexibility index (Phi) is 9.60. The van der Waals surface area contributed by atoms with Gasteiger partial charge in [0, 0.05) is 50.6 Å². The van der Waals surface area contributed by atoms with Crippen LogP contribution in [0, 0.1) is 5.82 Å². The molecule has 0 fully saturated rings. The van der Waals surface area contributed by atoms with Gasteiger partial charge in [-0.15, -0.1) is 11.3 Å². The lowest BCUT2D eigenvalue weighted by Crippen LogP contribution is -2.30. The lowest BCUT2D eigenvalue weighted by molar-refractivity contribution is -0.117. The summed E-state index contributed by atoms with van der Waals surface area (Å²) in [6.45, 7) is 1.96. The zero-order valence-corrected chi connectivity index (χ0v) is 23.7. The molecular weight excluding hydrogens is 555 g/mol. The number of nitrogens with zero attached hydrogens (tertiary/aromatic N) is 2. The molecule has 1 amide bonds. The molecule has 0 aliphatic rings. The van der Waals surface area contributed by atoms with Gasteiger partial charge in [-0.05, 0) is 47.5 Å². The third-order valence-corrected chi connectivity index (χ3v) is 7.53. The number of ether oxygens (including phenoxy) is 2. The van der Waals surface area contributed by atoms with Crippen molar-refractivity contribution in [3.05, 3.63) is 108 Å². The fourth-order valence-electron chi connectivity index (χ4n) is 4.22. The lowest BCUT2D eigenvalue weighted by Gasteiger charge is -2.09. The minimum absolute atomic E-state index is 0.0188. The van der Waals surface area contributed by atoms with Crippen LogP contribution in [0.2, 0.25) is 0 Å². The molecule has 2 N–H and O–H groups in total. The second-order valence-corrected chi connectivity index (χ2v) is 10.5. The molecule has 5 aromatic rings. The average Bonchev–Trinajstić information content (AvgIpc) is 3.46. The van der Waals surface area contributed by atoms with Gasteiger partial charge in [-0.25, -0.2) is 4.39 Å². The summed E-state index contributed by atoms with van der Waals surface area (Å²) in [4.78, 5) is 34.5. The summed E-state index contributed by atoms with van der Waals surface area (Å²) in [6.07, 6.45) is 3.43. The molecule has 3 heterocycles. The minimum atomic E-state index is -0.591. The van der Waals surface area contributed by atoms with E-state index in [1.54, 1.807) is 55.8 Å². The van der Waals surface area contributed by atoms with Gasteiger partial charge in [0.2, 0.25) is 0 Å². The Balaban J connectivity index is 1.22. The van der Waals surface area contributed by atoms with E-state index < -0.39 is 5.82 Å². The summed E-state index contributed by atoms with van der Waals surface area (Å²) >= 11 is 1.47. The third kappa shape index (κ3) is 7.41. The standard InChI is InChI=1S/C32H29FN4O4S/c1-40-14-13-34-18-22-7-9-26(36-19-22)30-17-27-31(42-30)29(11-12-35-27)41-28-10-8-21(16-25(28)33)15-24(38)20-37-32(39)23-5-3-2-4-6-23/h2-12,16-17,19,34H,13-15,18,20H2,1H3,(H,37,39). The van der Waals surface area contributed by atoms with Crippen LogP contribution in [-0.2, 0) is 22.5 Å². The molecule has 0 saturated carbocycles. The highest BCUT2D eigenvalue weighted by Crippen LogP contribution is 2.39. The van der Waals surface area contributed by atoms with E-state index in [1.165, 1.54) is 23.5 Å². The first kappa shape index (κ1) is 29.0. The monoisotopic (exact) mass is 584 g/mol. The van der Waals surface area contributed by atoms with Crippen molar-refractivity contribution >= 4 is 33.2 Å². The number of carbonyl (C=O) groups is 2. The van der Waals surface area contributed by atoms with Crippen LogP contribution >= 0.6 is 11.3 Å². The van der Waals surface area contributed by atoms with Crippen molar-refractivity contribution < 1.29 is 23.5 Å². The summed E-state index contributed by atoms with van der Waals surface area (Å²) in [7, 11) is 1.67. The molecule has 42 heavy (non-hydrogen) atoms. The molecule has 0 aliphatic carbocycles. The number of methoxy groups -OCH3 is 1. The number of hydrogen-bond donors (Lipinski definition) is 2. The Labute approximate surface area is 246 Å². The number of rotatable bonds is 13. The zero-order valence-electron chi connectivity index (χ0n) is 22.9. The lowest BCUT2D eigenvalue weighted by atomic mass is 10.1. The number of pyridine rings is 2. The predicted molar refractivity (Wildman–Crippen MR) is 160 cm³/mol. The molecule has 0 unspecified atom stereocenters. The Bertz CT molecular complexity index is 1680. The van der Waals surface area contributed by atoms with Gasteiger partial charge >= 0.3 is 0 Å². The van der Waals surface area contributed by atoms with Gasteiger partial charge in [-0.1, -0.05) is 30.3 Å². The molecule has 0 spiro atoms. The molecule has 0 saturated heterocycles. The summed E-state index contributed by atoms with van der Waals surface area (Å²) in [5, 5.41) is 5.90. The van der Waals surface area contributed by atoms with Crippen LogP contribution in [0.5, 0.6) is 11.5 Å². The van der Waals surface area contributed by atoms with Gasteiger partial charge in [0.1, 0.15) is 5.75 Å². The third-order valence-electron chi connectivity index (χ3n) is 6.36. The summed E-state index contributed by atoms with van der Waals surface area (Å²) in [5.74, 6) is -0.654. The Morgan fingerprint density at radius 2 is 1.79 bits per heavy atom. The first-order valence-electron chi connectivity index (χ1n) is 13.3. The number of nitrogens with one attached hydrogen (secondary N) is 2. The Morgan fingerprint density at radius 1 is 0.952 bits per heavy atom. The molecule has 2 aromatic carbocycles. The maximum Gasteiger partial charge on any atom is 0.251 e.